The number of hydrogen-bond donors (Lipinski definition) is 1. The summed E-state index contributed by atoms with van der Waals surface area (Å²) in [6.07, 6.45) is -0.785. The smallest absolute Gasteiger partial charge is 0.340 e. The standard InChI is InChI=1S/C14H18O7S/c1-10-3-5-12(6-4-10)22(17,18)21-8-11-7-14(16,9-20-11)13(15)19-2/h3-6,11,16H,7-9H2,1-2H3/t11-,14+/m0/s1. The number of esters is 1. The first-order valence-electron chi connectivity index (χ1n) is 6.65. The van der Waals surface area contributed by atoms with Gasteiger partial charge in [-0.05, 0) is 19.1 Å². The van der Waals surface area contributed by atoms with Crippen molar-refractivity contribution in [2.75, 3.05) is 20.3 Å². The molecule has 1 aliphatic heterocycles. The normalized spacial score (nSPS) is 25.1. The molecule has 1 saturated heterocycles. The van der Waals surface area contributed by atoms with Crippen LogP contribution in [0.25, 0.3) is 0 Å². The maximum atomic E-state index is 12.0. The van der Waals surface area contributed by atoms with Crippen LogP contribution in [0.5, 0.6) is 0 Å². The van der Waals surface area contributed by atoms with Gasteiger partial charge in [-0.25, -0.2) is 4.79 Å². The molecule has 0 bridgehead atoms. The third kappa shape index (κ3) is 3.64. The Balaban J connectivity index is 1.96. The third-order valence-corrected chi connectivity index (χ3v) is 4.70. The topological polar surface area (TPSA) is 99.1 Å². The Labute approximate surface area is 128 Å². The summed E-state index contributed by atoms with van der Waals surface area (Å²) in [5.74, 6) is -0.809. The highest BCUT2D eigenvalue weighted by Gasteiger charge is 2.46. The summed E-state index contributed by atoms with van der Waals surface area (Å²) in [6, 6.07) is 6.23. The van der Waals surface area contributed by atoms with E-state index in [9.17, 15) is 18.3 Å². The van der Waals surface area contributed by atoms with E-state index >= 15 is 0 Å². The van der Waals surface area contributed by atoms with Gasteiger partial charge in [0.1, 0.15) is 0 Å². The SMILES string of the molecule is COC(=O)[C@]1(O)CO[C@H](COS(=O)(=O)c2ccc(C)cc2)C1. The highest BCUT2D eigenvalue weighted by Crippen LogP contribution is 2.26. The Morgan fingerprint density at radius 2 is 2.05 bits per heavy atom. The number of carbonyl (C=O) groups is 1. The van der Waals surface area contributed by atoms with Gasteiger partial charge < -0.3 is 14.6 Å². The molecule has 22 heavy (non-hydrogen) atoms. The Morgan fingerprint density at radius 1 is 1.41 bits per heavy atom. The third-order valence-electron chi connectivity index (χ3n) is 3.41. The molecular weight excluding hydrogens is 312 g/mol. The lowest BCUT2D eigenvalue weighted by atomic mass is 10.0. The largest absolute Gasteiger partial charge is 0.467 e. The highest BCUT2D eigenvalue weighted by atomic mass is 32.2. The number of aryl methyl sites for hydroxylation is 1. The minimum Gasteiger partial charge on any atom is -0.467 e. The van der Waals surface area contributed by atoms with Crippen LogP contribution in [0.15, 0.2) is 29.2 Å². The van der Waals surface area contributed by atoms with Gasteiger partial charge in [-0.3, -0.25) is 4.18 Å². The molecule has 1 aromatic carbocycles. The zero-order chi connectivity index (χ0) is 16.4. The van der Waals surface area contributed by atoms with Crippen LogP contribution in [-0.2, 0) is 28.6 Å². The summed E-state index contributed by atoms with van der Waals surface area (Å²) in [5, 5.41) is 10.0. The molecule has 0 unspecified atom stereocenters. The van der Waals surface area contributed by atoms with Crippen molar-refractivity contribution in [1.29, 1.82) is 0 Å². The van der Waals surface area contributed by atoms with Gasteiger partial charge in [0.2, 0.25) is 0 Å². The van der Waals surface area contributed by atoms with E-state index in [0.29, 0.717) is 0 Å². The van der Waals surface area contributed by atoms with E-state index < -0.39 is 27.8 Å². The molecule has 2 atom stereocenters. The van der Waals surface area contributed by atoms with Crippen LogP contribution in [0.1, 0.15) is 12.0 Å². The quantitative estimate of drug-likeness (QED) is 0.616. The summed E-state index contributed by atoms with van der Waals surface area (Å²) >= 11 is 0. The van der Waals surface area contributed by atoms with Crippen molar-refractivity contribution in [3.63, 3.8) is 0 Å². The van der Waals surface area contributed by atoms with Gasteiger partial charge in [0.15, 0.2) is 5.60 Å². The first kappa shape index (κ1) is 16.9. The molecule has 1 fully saturated rings. The van der Waals surface area contributed by atoms with Crippen molar-refractivity contribution in [1.82, 2.24) is 0 Å². The molecule has 1 aromatic rings. The van der Waals surface area contributed by atoms with Gasteiger partial charge in [0.05, 0.1) is 31.3 Å². The van der Waals surface area contributed by atoms with Crippen molar-refractivity contribution in [2.24, 2.45) is 0 Å². The molecule has 0 aliphatic carbocycles. The zero-order valence-electron chi connectivity index (χ0n) is 12.3. The van der Waals surface area contributed by atoms with Gasteiger partial charge >= 0.3 is 5.97 Å². The minimum atomic E-state index is -3.91. The first-order chi connectivity index (χ1) is 10.3. The lowest BCUT2D eigenvalue weighted by molar-refractivity contribution is -0.161. The Hall–Kier alpha value is -1.48. The number of methoxy groups -OCH3 is 1. The van der Waals surface area contributed by atoms with Crippen molar-refractivity contribution >= 4 is 16.1 Å². The second kappa shape index (κ2) is 6.33. The van der Waals surface area contributed by atoms with E-state index in [1.54, 1.807) is 12.1 Å². The maximum absolute atomic E-state index is 12.0. The Kier molecular flexibility index (Phi) is 4.86. The molecule has 0 aromatic heterocycles. The van der Waals surface area contributed by atoms with E-state index in [2.05, 4.69) is 4.74 Å². The molecule has 1 aliphatic rings. The first-order valence-corrected chi connectivity index (χ1v) is 8.06. The second-order valence-electron chi connectivity index (χ2n) is 5.21. The average molecular weight is 330 g/mol. The van der Waals surface area contributed by atoms with E-state index in [1.165, 1.54) is 12.1 Å². The summed E-state index contributed by atoms with van der Waals surface area (Å²) in [4.78, 5) is 11.5. The molecule has 7 nitrogen and oxygen atoms in total. The van der Waals surface area contributed by atoms with Crippen LogP contribution >= 0.6 is 0 Å². The monoisotopic (exact) mass is 330 g/mol. The van der Waals surface area contributed by atoms with Gasteiger partial charge in [-0.1, -0.05) is 17.7 Å². The predicted octanol–water partition coefficient (Wildman–Crippen LogP) is 0.393. The number of rotatable bonds is 5. The molecule has 1 heterocycles. The van der Waals surface area contributed by atoms with Crippen molar-refractivity contribution in [2.45, 2.75) is 29.9 Å². The average Bonchev–Trinajstić information content (AvgIpc) is 2.88. The Morgan fingerprint density at radius 3 is 2.64 bits per heavy atom. The van der Waals surface area contributed by atoms with Gasteiger partial charge in [0.25, 0.3) is 10.1 Å². The maximum Gasteiger partial charge on any atom is 0.340 e. The summed E-state index contributed by atoms with van der Waals surface area (Å²) in [6.45, 7) is 1.31. The van der Waals surface area contributed by atoms with E-state index in [1.807, 2.05) is 6.92 Å². The van der Waals surface area contributed by atoms with Crippen LogP contribution in [-0.4, -0.2) is 51.5 Å². The molecule has 1 N–H and O–H groups in total. The number of carbonyl (C=O) groups excluding carboxylic acids is 1. The molecule has 2 rings (SSSR count). The predicted molar refractivity (Wildman–Crippen MR) is 75.6 cm³/mol. The van der Waals surface area contributed by atoms with E-state index in [4.69, 9.17) is 8.92 Å². The fourth-order valence-corrected chi connectivity index (χ4v) is 3.06. The molecule has 0 amide bonds. The summed E-state index contributed by atoms with van der Waals surface area (Å²) in [5.41, 5.74) is -0.822. The fourth-order valence-electron chi connectivity index (χ4n) is 2.13. The molecule has 0 radical (unpaired) electrons. The van der Waals surface area contributed by atoms with Gasteiger partial charge in [-0.2, -0.15) is 8.42 Å². The van der Waals surface area contributed by atoms with E-state index in [0.717, 1.165) is 12.7 Å². The van der Waals surface area contributed by atoms with Gasteiger partial charge in [0, 0.05) is 6.42 Å². The van der Waals surface area contributed by atoms with Crippen molar-refractivity contribution < 1.29 is 32.0 Å². The zero-order valence-corrected chi connectivity index (χ0v) is 13.1. The molecule has 0 spiro atoms. The summed E-state index contributed by atoms with van der Waals surface area (Å²) < 4.78 is 38.7. The molecule has 8 heteroatoms. The number of ether oxygens (including phenoxy) is 2. The number of benzene rings is 1. The van der Waals surface area contributed by atoms with Crippen molar-refractivity contribution in [3.05, 3.63) is 29.8 Å². The molecule has 122 valence electrons. The lowest BCUT2D eigenvalue weighted by Gasteiger charge is -2.16. The van der Waals surface area contributed by atoms with Crippen LogP contribution in [0, 0.1) is 6.92 Å². The fraction of sp³-hybridized carbons (Fsp3) is 0.500. The number of hydrogen-bond acceptors (Lipinski definition) is 7. The van der Waals surface area contributed by atoms with Crippen LogP contribution in [0.2, 0.25) is 0 Å². The summed E-state index contributed by atoms with van der Waals surface area (Å²) in [7, 11) is -2.75. The van der Waals surface area contributed by atoms with Crippen LogP contribution in [0.4, 0.5) is 0 Å². The number of aliphatic hydroxyl groups is 1. The van der Waals surface area contributed by atoms with Crippen molar-refractivity contribution in [3.8, 4) is 0 Å². The lowest BCUT2D eigenvalue weighted by Crippen LogP contribution is -2.40. The van der Waals surface area contributed by atoms with Crippen LogP contribution < -0.4 is 0 Å². The second-order valence-corrected chi connectivity index (χ2v) is 6.83. The molecule has 0 saturated carbocycles. The minimum absolute atomic E-state index is 0.0410. The Bertz CT molecular complexity index is 638. The highest BCUT2D eigenvalue weighted by molar-refractivity contribution is 7.86. The molecular formula is C14H18O7S. The van der Waals surface area contributed by atoms with E-state index in [-0.39, 0.29) is 24.5 Å². The van der Waals surface area contributed by atoms with Crippen LogP contribution in [0.3, 0.4) is 0 Å². The van der Waals surface area contributed by atoms with Gasteiger partial charge in [-0.15, -0.1) is 0 Å².